The number of halogens is 1. The Morgan fingerprint density at radius 2 is 1.00 bits per heavy atom. The van der Waals surface area contributed by atoms with E-state index in [0.29, 0.717) is 76.7 Å². The van der Waals surface area contributed by atoms with Crippen molar-refractivity contribution in [2.24, 2.45) is 0 Å². The van der Waals surface area contributed by atoms with Gasteiger partial charge in [-0.25, -0.2) is 14.4 Å². The third-order valence-corrected chi connectivity index (χ3v) is 13.1. The number of aliphatic hydroxyl groups is 2. The molecule has 10 rings (SSSR count). The number of carbonyl (C=O) groups is 2. The van der Waals surface area contributed by atoms with E-state index in [1.807, 2.05) is 71.5 Å². The van der Waals surface area contributed by atoms with Crippen molar-refractivity contribution in [2.45, 2.75) is 116 Å². The summed E-state index contributed by atoms with van der Waals surface area (Å²) in [5.41, 5.74) is 7.08. The first-order chi connectivity index (χ1) is 35.6. The first kappa shape index (κ1) is 49.9. The van der Waals surface area contributed by atoms with Crippen LogP contribution in [0.5, 0.6) is 0 Å². The smallest absolute Gasteiger partial charge is 0.251 e. The Morgan fingerprint density at radius 3 is 1.44 bits per heavy atom. The van der Waals surface area contributed by atoms with E-state index in [1.165, 1.54) is 12.1 Å². The molecule has 4 aromatic carbocycles. The monoisotopic (exact) mass is 988 g/mol. The molecule has 0 spiro atoms. The molecule has 19 heteroatoms. The molecule has 2 aliphatic carbocycles. The summed E-state index contributed by atoms with van der Waals surface area (Å²) in [6.45, 7) is 6.28. The summed E-state index contributed by atoms with van der Waals surface area (Å²) >= 11 is 0. The van der Waals surface area contributed by atoms with Crippen LogP contribution in [0.25, 0.3) is 22.3 Å². The first-order valence-corrected chi connectivity index (χ1v) is 25.0. The van der Waals surface area contributed by atoms with E-state index in [0.717, 1.165) is 80.4 Å². The van der Waals surface area contributed by atoms with Gasteiger partial charge in [0.05, 0.1) is 24.9 Å². The van der Waals surface area contributed by atoms with Gasteiger partial charge < -0.3 is 51.2 Å². The number of hydrogen-bond acceptors (Lipinski definition) is 14. The maximum atomic E-state index is 13.1. The van der Waals surface area contributed by atoms with Crippen LogP contribution in [0.4, 0.5) is 39.3 Å². The maximum absolute atomic E-state index is 13.1. The predicted octanol–water partition coefficient (Wildman–Crippen LogP) is 8.61. The number of rotatable bonds is 16. The van der Waals surface area contributed by atoms with Gasteiger partial charge in [0.1, 0.15) is 5.82 Å². The number of fused-ring (bicyclic) bond motifs is 2. The standard InChI is InChI=1S/C27H30FN7O2.C27H31N7O2/c1-2-35-16-30-23-24(33-27(34-25(23)35)32-20-10-12-22(36)13-11-20)31-21-5-3-4-18(14-21)26(37)29-15-17-6-8-19(28)9-7-17;1-2-34-17-29-23-24(32-27(33-25(23)34)31-20-11-13-22(35)14-12-20)30-21-10-6-9-19(15-21)26(36)28-16-18-7-4-3-5-8-18/h3-9,14,16,20,22,36H,2,10-13,15H2,1H3,(H,29,37)(H2,31,32,33,34);3-10,15,17,20,22,35H,2,11-14,16H2,1H3,(H,28,36)(H2,30,31,32,33)/t2*20-,22-. The average Bonchev–Trinajstić information content (AvgIpc) is 4.04. The van der Waals surface area contributed by atoms with Gasteiger partial charge in [0, 0.05) is 60.8 Å². The summed E-state index contributed by atoms with van der Waals surface area (Å²) in [6.07, 6.45) is 9.57. The number of nitrogens with zero attached hydrogens (tertiary/aromatic N) is 8. The summed E-state index contributed by atoms with van der Waals surface area (Å²) in [6, 6.07) is 30.7. The molecule has 4 aromatic heterocycles. The Morgan fingerprint density at radius 1 is 0.562 bits per heavy atom. The second-order valence-electron chi connectivity index (χ2n) is 18.4. The van der Waals surface area contributed by atoms with Crippen LogP contribution in [0.15, 0.2) is 116 Å². The van der Waals surface area contributed by atoms with Gasteiger partial charge in [-0.15, -0.1) is 0 Å². The Hall–Kier alpha value is -8.03. The van der Waals surface area contributed by atoms with Crippen molar-refractivity contribution in [3.8, 4) is 0 Å². The summed E-state index contributed by atoms with van der Waals surface area (Å²) in [5.74, 6) is 1.45. The summed E-state index contributed by atoms with van der Waals surface area (Å²) < 4.78 is 17.1. The number of nitrogens with one attached hydrogen (secondary N) is 6. The third-order valence-electron chi connectivity index (χ3n) is 13.1. The van der Waals surface area contributed by atoms with Crippen LogP contribution in [0, 0.1) is 5.82 Å². The normalized spacial score (nSPS) is 17.5. The van der Waals surface area contributed by atoms with E-state index in [1.54, 1.807) is 55.1 Å². The molecular weight excluding hydrogens is 928 g/mol. The number of amides is 2. The summed E-state index contributed by atoms with van der Waals surface area (Å²) in [7, 11) is 0. The van der Waals surface area contributed by atoms with E-state index >= 15 is 0 Å². The third kappa shape index (κ3) is 12.9. The Bertz CT molecular complexity index is 3130. The van der Waals surface area contributed by atoms with Crippen LogP contribution in [-0.4, -0.2) is 85.4 Å². The largest absolute Gasteiger partial charge is 0.393 e. The highest BCUT2D eigenvalue weighted by Crippen LogP contribution is 2.29. The molecule has 8 N–H and O–H groups in total. The molecule has 0 atom stereocenters. The highest BCUT2D eigenvalue weighted by Gasteiger charge is 2.23. The second kappa shape index (κ2) is 23.5. The Balaban J connectivity index is 0.000000180. The Labute approximate surface area is 422 Å². The molecule has 2 fully saturated rings. The van der Waals surface area contributed by atoms with E-state index in [-0.39, 0.29) is 41.9 Å². The fourth-order valence-corrected chi connectivity index (χ4v) is 8.98. The Kier molecular flexibility index (Phi) is 16.1. The van der Waals surface area contributed by atoms with Gasteiger partial charge in [-0.3, -0.25) is 9.59 Å². The zero-order valence-corrected chi connectivity index (χ0v) is 40.9. The van der Waals surface area contributed by atoms with Crippen molar-refractivity contribution in [2.75, 3.05) is 21.3 Å². The van der Waals surface area contributed by atoms with Gasteiger partial charge in [-0.05, 0) is 125 Å². The van der Waals surface area contributed by atoms with Crippen LogP contribution in [0.2, 0.25) is 0 Å². The molecular formula is C54H61FN14O4. The fourth-order valence-electron chi connectivity index (χ4n) is 8.98. The molecule has 0 saturated heterocycles. The van der Waals surface area contributed by atoms with Crippen molar-refractivity contribution in [1.29, 1.82) is 0 Å². The number of benzene rings is 4. The molecule has 8 aromatic rings. The lowest BCUT2D eigenvalue weighted by Crippen LogP contribution is -2.29. The van der Waals surface area contributed by atoms with E-state index in [4.69, 9.17) is 19.9 Å². The number of aromatic nitrogens is 8. The number of carbonyl (C=O) groups excluding carboxylic acids is 2. The lowest BCUT2D eigenvalue weighted by molar-refractivity contribution is 0.0943. The topological polar surface area (TPSA) is 234 Å². The molecule has 18 nitrogen and oxygen atoms in total. The van der Waals surface area contributed by atoms with Crippen molar-refractivity contribution in [1.82, 2.24) is 49.7 Å². The van der Waals surface area contributed by atoms with Crippen molar-refractivity contribution in [3.63, 3.8) is 0 Å². The SMILES string of the molecule is CCn1cnc2c(Nc3cccc(C(=O)NCc4ccc(F)cc4)c3)nc(N[C@H]3CC[C@H](O)CC3)nc21.CCn1cnc2c(Nc3cccc(C(=O)NCc4ccccc4)c3)nc(N[C@H]3CC[C@H](O)CC3)nc21. The molecule has 0 bridgehead atoms. The number of anilines is 6. The van der Waals surface area contributed by atoms with Gasteiger partial charge in [-0.1, -0.05) is 54.6 Å². The minimum atomic E-state index is -0.313. The molecule has 0 aliphatic heterocycles. The van der Waals surface area contributed by atoms with E-state index < -0.39 is 0 Å². The van der Waals surface area contributed by atoms with E-state index in [2.05, 4.69) is 41.9 Å². The van der Waals surface area contributed by atoms with Gasteiger partial charge in [0.25, 0.3) is 11.8 Å². The fraction of sp³-hybridized carbons (Fsp3) is 0.333. The number of hydrogen-bond donors (Lipinski definition) is 8. The lowest BCUT2D eigenvalue weighted by atomic mass is 9.93. The number of aliphatic hydroxyl groups excluding tert-OH is 2. The minimum absolute atomic E-state index is 0.146. The molecule has 4 heterocycles. The molecule has 2 aliphatic rings. The van der Waals surface area contributed by atoms with E-state index in [9.17, 15) is 24.2 Å². The molecule has 378 valence electrons. The molecule has 0 radical (unpaired) electrons. The molecule has 2 saturated carbocycles. The molecule has 73 heavy (non-hydrogen) atoms. The average molecular weight is 989 g/mol. The highest BCUT2D eigenvalue weighted by atomic mass is 19.1. The zero-order valence-electron chi connectivity index (χ0n) is 40.9. The van der Waals surface area contributed by atoms with Gasteiger partial charge in [0.15, 0.2) is 34.0 Å². The first-order valence-electron chi connectivity index (χ1n) is 25.0. The zero-order chi connectivity index (χ0) is 50.7. The van der Waals surface area contributed by atoms with Crippen LogP contribution >= 0.6 is 0 Å². The van der Waals surface area contributed by atoms with Gasteiger partial charge >= 0.3 is 0 Å². The maximum Gasteiger partial charge on any atom is 0.251 e. The van der Waals surface area contributed by atoms with Crippen LogP contribution in [0.3, 0.4) is 0 Å². The van der Waals surface area contributed by atoms with Crippen LogP contribution in [0.1, 0.15) is 97.1 Å². The van der Waals surface area contributed by atoms with Gasteiger partial charge in [0.2, 0.25) is 11.9 Å². The number of imidazole rings is 2. The second-order valence-corrected chi connectivity index (χ2v) is 18.4. The summed E-state index contributed by atoms with van der Waals surface area (Å²) in [5, 5.41) is 39.0. The van der Waals surface area contributed by atoms with Gasteiger partial charge in [-0.2, -0.15) is 19.9 Å². The van der Waals surface area contributed by atoms with Crippen LogP contribution < -0.4 is 31.9 Å². The van der Waals surface area contributed by atoms with Crippen molar-refractivity contribution < 1.29 is 24.2 Å². The van der Waals surface area contributed by atoms with Crippen molar-refractivity contribution in [3.05, 3.63) is 144 Å². The minimum Gasteiger partial charge on any atom is -0.393 e. The molecule has 2 amide bonds. The number of aryl methyl sites for hydroxylation is 2. The predicted molar refractivity (Wildman–Crippen MR) is 280 cm³/mol. The quantitative estimate of drug-likeness (QED) is 0.0453. The van der Waals surface area contributed by atoms with Crippen LogP contribution in [-0.2, 0) is 26.2 Å². The van der Waals surface area contributed by atoms with Crippen molar-refractivity contribution >= 4 is 69.0 Å². The lowest BCUT2D eigenvalue weighted by Gasteiger charge is -2.26. The highest BCUT2D eigenvalue weighted by molar-refractivity contribution is 5.96. The molecule has 0 unspecified atom stereocenters. The summed E-state index contributed by atoms with van der Waals surface area (Å²) in [4.78, 5) is 53.5.